The number of likely N-dealkylation sites (tertiary alicyclic amines) is 1. The van der Waals surface area contributed by atoms with Crippen LogP contribution in [-0.2, 0) is 9.53 Å². The molecule has 144 valence electrons. The highest BCUT2D eigenvalue weighted by Crippen LogP contribution is 2.22. The number of esters is 1. The summed E-state index contributed by atoms with van der Waals surface area (Å²) in [4.78, 5) is 44.1. The number of carbonyl (C=O) groups excluding carboxylic acids is 2. The largest absolute Gasteiger partial charge is 0.466 e. The lowest BCUT2D eigenvalue weighted by Gasteiger charge is -2.31. The second kappa shape index (κ2) is 7.42. The summed E-state index contributed by atoms with van der Waals surface area (Å²) in [6, 6.07) is 10.5. The second-order valence-corrected chi connectivity index (χ2v) is 6.87. The van der Waals surface area contributed by atoms with Crippen molar-refractivity contribution in [1.82, 2.24) is 14.3 Å². The number of hydrogen-bond donors (Lipinski definition) is 0. The molecular formula is C21H21N3O4. The van der Waals surface area contributed by atoms with Gasteiger partial charge in [0.25, 0.3) is 11.5 Å². The van der Waals surface area contributed by atoms with E-state index in [1.165, 1.54) is 4.40 Å². The highest BCUT2D eigenvalue weighted by molar-refractivity contribution is 6.00. The average molecular weight is 379 g/mol. The van der Waals surface area contributed by atoms with E-state index in [1.54, 1.807) is 48.4 Å². The first-order chi connectivity index (χ1) is 13.6. The summed E-state index contributed by atoms with van der Waals surface area (Å²) in [6.45, 7) is 3.10. The minimum Gasteiger partial charge on any atom is -0.466 e. The van der Waals surface area contributed by atoms with Crippen molar-refractivity contribution in [1.29, 1.82) is 0 Å². The molecule has 0 saturated carbocycles. The van der Waals surface area contributed by atoms with Crippen LogP contribution in [0.15, 0.2) is 47.4 Å². The van der Waals surface area contributed by atoms with Gasteiger partial charge in [-0.15, -0.1) is 0 Å². The number of piperidine rings is 1. The van der Waals surface area contributed by atoms with Crippen molar-refractivity contribution in [2.75, 3.05) is 19.7 Å². The maximum absolute atomic E-state index is 13.1. The fourth-order valence-corrected chi connectivity index (χ4v) is 3.69. The number of para-hydroxylation sites is 1. The Morgan fingerprint density at radius 3 is 2.64 bits per heavy atom. The van der Waals surface area contributed by atoms with Crippen LogP contribution >= 0.6 is 0 Å². The van der Waals surface area contributed by atoms with Crippen LogP contribution in [0.4, 0.5) is 0 Å². The van der Waals surface area contributed by atoms with E-state index in [1.807, 2.05) is 6.07 Å². The summed E-state index contributed by atoms with van der Waals surface area (Å²) in [5, 5.41) is 0.514. The molecule has 1 aromatic carbocycles. The van der Waals surface area contributed by atoms with Crippen LogP contribution in [0, 0.1) is 5.92 Å². The lowest BCUT2D eigenvalue weighted by atomic mass is 9.96. The predicted octanol–water partition coefficient (Wildman–Crippen LogP) is 2.26. The van der Waals surface area contributed by atoms with Crippen LogP contribution in [0.25, 0.3) is 16.6 Å². The molecule has 4 rings (SSSR count). The third kappa shape index (κ3) is 3.13. The molecule has 1 aliphatic heterocycles. The molecule has 7 heteroatoms. The second-order valence-electron chi connectivity index (χ2n) is 6.87. The Labute approximate surface area is 161 Å². The van der Waals surface area contributed by atoms with Crippen LogP contribution in [0.2, 0.25) is 0 Å². The first-order valence-electron chi connectivity index (χ1n) is 9.46. The molecule has 3 heterocycles. The number of amides is 1. The minimum absolute atomic E-state index is 0.166. The van der Waals surface area contributed by atoms with Gasteiger partial charge in [0.2, 0.25) is 0 Å². The van der Waals surface area contributed by atoms with Gasteiger partial charge < -0.3 is 9.64 Å². The highest BCUT2D eigenvalue weighted by Gasteiger charge is 2.29. The molecular weight excluding hydrogens is 358 g/mol. The number of ether oxygens (including phenoxy) is 1. The maximum atomic E-state index is 13.1. The lowest BCUT2D eigenvalue weighted by molar-refractivity contribution is -0.149. The molecule has 1 saturated heterocycles. The molecule has 1 amide bonds. The number of aromatic nitrogens is 2. The van der Waals surface area contributed by atoms with Crippen molar-refractivity contribution in [3.05, 3.63) is 58.5 Å². The topological polar surface area (TPSA) is 81.0 Å². The molecule has 7 nitrogen and oxygen atoms in total. The first kappa shape index (κ1) is 18.2. The molecule has 28 heavy (non-hydrogen) atoms. The molecule has 0 aliphatic carbocycles. The number of hydrogen-bond acceptors (Lipinski definition) is 5. The Bertz CT molecular complexity index is 1110. The van der Waals surface area contributed by atoms with Crippen molar-refractivity contribution < 1.29 is 14.3 Å². The number of nitrogens with zero attached hydrogens (tertiary/aromatic N) is 3. The summed E-state index contributed by atoms with van der Waals surface area (Å²) < 4.78 is 6.50. The van der Waals surface area contributed by atoms with Gasteiger partial charge in [0.15, 0.2) is 5.65 Å². The molecule has 2 aromatic heterocycles. The van der Waals surface area contributed by atoms with E-state index in [9.17, 15) is 14.4 Å². The summed E-state index contributed by atoms with van der Waals surface area (Å²) >= 11 is 0. The van der Waals surface area contributed by atoms with Crippen LogP contribution in [-0.4, -0.2) is 45.9 Å². The first-order valence-corrected chi connectivity index (χ1v) is 9.46. The van der Waals surface area contributed by atoms with Crippen LogP contribution in [0.1, 0.15) is 30.1 Å². The quantitative estimate of drug-likeness (QED) is 0.515. The number of fused-ring (bicyclic) bond motifs is 2. The maximum Gasteiger partial charge on any atom is 0.309 e. The van der Waals surface area contributed by atoms with Gasteiger partial charge >= 0.3 is 5.97 Å². The Kier molecular flexibility index (Phi) is 4.81. The summed E-state index contributed by atoms with van der Waals surface area (Å²) in [5.41, 5.74) is 1.11. The number of benzene rings is 1. The van der Waals surface area contributed by atoms with Crippen molar-refractivity contribution in [2.24, 2.45) is 5.92 Å². The minimum atomic E-state index is -0.198. The fraction of sp³-hybridized carbons (Fsp3) is 0.333. The SMILES string of the molecule is CCOC(=O)C1CCN(C(=O)c2cccn3c(=O)c4ccccc4nc23)CC1. The standard InChI is InChI=1S/C21H21N3O4/c1-2-28-21(27)14-9-12-23(13-10-14)19(25)16-7-5-11-24-18(16)22-17-8-4-3-6-15(17)20(24)26/h3-8,11,14H,2,9-10,12-13H2,1H3. The lowest BCUT2D eigenvalue weighted by Crippen LogP contribution is -2.41. The molecule has 3 aromatic rings. The molecule has 0 spiro atoms. The van der Waals surface area contributed by atoms with Crippen molar-refractivity contribution in [3.8, 4) is 0 Å². The molecule has 0 atom stereocenters. The van der Waals surface area contributed by atoms with Gasteiger partial charge in [-0.2, -0.15) is 0 Å². The van der Waals surface area contributed by atoms with Gasteiger partial charge in [-0.1, -0.05) is 12.1 Å². The van der Waals surface area contributed by atoms with Gasteiger partial charge in [0.1, 0.15) is 0 Å². The molecule has 1 aliphatic rings. The third-order valence-corrected chi connectivity index (χ3v) is 5.18. The smallest absolute Gasteiger partial charge is 0.309 e. The van der Waals surface area contributed by atoms with E-state index in [0.717, 1.165) is 0 Å². The zero-order valence-electron chi connectivity index (χ0n) is 15.6. The van der Waals surface area contributed by atoms with Crippen LogP contribution in [0.5, 0.6) is 0 Å². The zero-order chi connectivity index (χ0) is 19.7. The van der Waals surface area contributed by atoms with Gasteiger partial charge in [-0.05, 0) is 44.0 Å². The van der Waals surface area contributed by atoms with Crippen molar-refractivity contribution in [3.63, 3.8) is 0 Å². The Morgan fingerprint density at radius 2 is 1.89 bits per heavy atom. The van der Waals surface area contributed by atoms with Gasteiger partial charge in [0.05, 0.1) is 29.0 Å². The van der Waals surface area contributed by atoms with Gasteiger partial charge in [-0.25, -0.2) is 4.98 Å². The summed E-state index contributed by atoms with van der Waals surface area (Å²) in [5.74, 6) is -0.539. The summed E-state index contributed by atoms with van der Waals surface area (Å²) in [6.07, 6.45) is 2.78. The Hall–Kier alpha value is -3.22. The third-order valence-electron chi connectivity index (χ3n) is 5.18. The van der Waals surface area contributed by atoms with E-state index < -0.39 is 0 Å². The summed E-state index contributed by atoms with van der Waals surface area (Å²) in [7, 11) is 0. The Morgan fingerprint density at radius 1 is 1.14 bits per heavy atom. The number of pyridine rings is 1. The molecule has 0 bridgehead atoms. The van der Waals surface area contributed by atoms with Crippen molar-refractivity contribution >= 4 is 28.4 Å². The predicted molar refractivity (Wildman–Crippen MR) is 104 cm³/mol. The molecule has 0 N–H and O–H groups in total. The monoisotopic (exact) mass is 379 g/mol. The molecule has 1 fully saturated rings. The van der Waals surface area contributed by atoms with E-state index in [2.05, 4.69) is 4.98 Å². The van der Waals surface area contributed by atoms with E-state index in [4.69, 9.17) is 4.74 Å². The van der Waals surface area contributed by atoms with Crippen LogP contribution in [0.3, 0.4) is 0 Å². The fourth-order valence-electron chi connectivity index (χ4n) is 3.69. The van der Waals surface area contributed by atoms with Crippen LogP contribution < -0.4 is 5.56 Å². The Balaban J connectivity index is 1.65. The average Bonchev–Trinajstić information content (AvgIpc) is 2.73. The normalized spacial score (nSPS) is 15.1. The van der Waals surface area contributed by atoms with E-state index in [0.29, 0.717) is 54.7 Å². The molecule has 0 radical (unpaired) electrons. The van der Waals surface area contributed by atoms with Gasteiger partial charge in [0, 0.05) is 19.3 Å². The highest BCUT2D eigenvalue weighted by atomic mass is 16.5. The zero-order valence-corrected chi connectivity index (χ0v) is 15.6. The number of carbonyl (C=O) groups is 2. The van der Waals surface area contributed by atoms with Crippen molar-refractivity contribution in [2.45, 2.75) is 19.8 Å². The van der Waals surface area contributed by atoms with Gasteiger partial charge in [-0.3, -0.25) is 18.8 Å². The molecule has 0 unspecified atom stereocenters. The van der Waals surface area contributed by atoms with E-state index in [-0.39, 0.29) is 23.4 Å². The number of rotatable bonds is 3. The van der Waals surface area contributed by atoms with E-state index >= 15 is 0 Å².